The van der Waals surface area contributed by atoms with Gasteiger partial charge in [-0.05, 0) is 74.9 Å². The van der Waals surface area contributed by atoms with Crippen LogP contribution < -0.4 is 15.5 Å². The van der Waals surface area contributed by atoms with Crippen molar-refractivity contribution in [2.24, 2.45) is 0 Å². The van der Waals surface area contributed by atoms with Gasteiger partial charge in [0.25, 0.3) is 5.91 Å². The van der Waals surface area contributed by atoms with Gasteiger partial charge in [0.1, 0.15) is 12.4 Å². The van der Waals surface area contributed by atoms with Crippen LogP contribution in [0.2, 0.25) is 0 Å². The third-order valence-electron chi connectivity index (χ3n) is 6.49. The van der Waals surface area contributed by atoms with E-state index in [0.29, 0.717) is 37.4 Å². The molecule has 1 aliphatic rings. The molecule has 0 aromatic heterocycles. The molecule has 3 aromatic rings. The van der Waals surface area contributed by atoms with Crippen LogP contribution in [0.5, 0.6) is 0 Å². The van der Waals surface area contributed by atoms with E-state index in [9.17, 15) is 18.8 Å². The number of urea groups is 1. The second-order valence-electron chi connectivity index (χ2n) is 10.9. The van der Waals surface area contributed by atoms with E-state index in [-0.39, 0.29) is 42.3 Å². The highest BCUT2D eigenvalue weighted by Gasteiger charge is 2.24. The average Bonchev–Trinajstić information content (AvgIpc) is 2.93. The predicted molar refractivity (Wildman–Crippen MR) is 155 cm³/mol. The molecule has 0 unspecified atom stereocenters. The number of rotatable bonds is 7. The molecule has 4 rings (SSSR count). The van der Waals surface area contributed by atoms with Crippen LogP contribution in [0, 0.1) is 5.82 Å². The van der Waals surface area contributed by atoms with Crippen LogP contribution in [0.4, 0.5) is 20.6 Å². The molecule has 1 heterocycles. The number of piperazine rings is 1. The molecule has 0 saturated carbocycles. The summed E-state index contributed by atoms with van der Waals surface area (Å²) in [4.78, 5) is 44.1. The predicted octanol–water partition coefficient (Wildman–Crippen LogP) is 4.74. The van der Waals surface area contributed by atoms with Crippen molar-refractivity contribution in [3.63, 3.8) is 0 Å². The van der Waals surface area contributed by atoms with E-state index >= 15 is 0 Å². The van der Waals surface area contributed by atoms with Gasteiger partial charge in [-0.25, -0.2) is 9.18 Å². The lowest BCUT2D eigenvalue weighted by Crippen LogP contribution is -2.55. The van der Waals surface area contributed by atoms with Crippen LogP contribution >= 0.6 is 0 Å². The van der Waals surface area contributed by atoms with Crippen molar-refractivity contribution < 1.29 is 18.8 Å². The van der Waals surface area contributed by atoms with Crippen molar-refractivity contribution in [3.05, 3.63) is 95.8 Å². The molecule has 1 aliphatic heterocycles. The molecule has 3 aromatic carbocycles. The van der Waals surface area contributed by atoms with E-state index in [4.69, 9.17) is 0 Å². The number of hydrogen-bond acceptors (Lipinski definition) is 4. The minimum Gasteiger partial charge on any atom is -0.368 e. The molecule has 40 heavy (non-hydrogen) atoms. The minimum absolute atomic E-state index is 0.0515. The Morgan fingerprint density at radius 1 is 0.850 bits per heavy atom. The molecular formula is C31H36FN5O3. The highest BCUT2D eigenvalue weighted by molar-refractivity contribution is 5.99. The van der Waals surface area contributed by atoms with Crippen molar-refractivity contribution >= 4 is 29.2 Å². The quantitative estimate of drug-likeness (QED) is 0.449. The summed E-state index contributed by atoms with van der Waals surface area (Å²) in [7, 11) is 0. The van der Waals surface area contributed by atoms with Crippen LogP contribution in [0.25, 0.3) is 0 Å². The van der Waals surface area contributed by atoms with Crippen LogP contribution in [0.15, 0.2) is 78.9 Å². The van der Waals surface area contributed by atoms with E-state index in [1.807, 2.05) is 56.0 Å². The van der Waals surface area contributed by atoms with Crippen molar-refractivity contribution in [1.82, 2.24) is 15.1 Å². The van der Waals surface area contributed by atoms with Crippen molar-refractivity contribution in [2.45, 2.75) is 32.9 Å². The fourth-order valence-corrected chi connectivity index (χ4v) is 4.47. The molecule has 4 amide bonds. The first-order valence-electron chi connectivity index (χ1n) is 13.4. The molecule has 1 saturated heterocycles. The molecule has 0 aliphatic carbocycles. The number of amides is 4. The fourth-order valence-electron chi connectivity index (χ4n) is 4.47. The first-order valence-corrected chi connectivity index (χ1v) is 13.4. The number of carbonyl (C=O) groups excluding carboxylic acids is 3. The highest BCUT2D eigenvalue weighted by Crippen LogP contribution is 2.20. The Labute approximate surface area is 234 Å². The van der Waals surface area contributed by atoms with E-state index in [1.165, 1.54) is 17.0 Å². The number of benzene rings is 3. The number of hydrogen-bond donors (Lipinski definition) is 2. The summed E-state index contributed by atoms with van der Waals surface area (Å²) in [5, 5.41) is 5.88. The molecular weight excluding hydrogens is 509 g/mol. The first kappa shape index (κ1) is 28.6. The maximum Gasteiger partial charge on any atom is 0.317 e. The lowest BCUT2D eigenvalue weighted by atomic mass is 10.1. The average molecular weight is 546 g/mol. The second kappa shape index (κ2) is 12.6. The van der Waals surface area contributed by atoms with Crippen LogP contribution in [-0.2, 0) is 11.3 Å². The summed E-state index contributed by atoms with van der Waals surface area (Å²) in [6.45, 7) is 8.57. The molecule has 9 heteroatoms. The molecule has 2 N–H and O–H groups in total. The van der Waals surface area contributed by atoms with Crippen molar-refractivity contribution in [2.75, 3.05) is 42.9 Å². The molecule has 210 valence electrons. The van der Waals surface area contributed by atoms with E-state index in [0.717, 1.165) is 11.3 Å². The zero-order valence-electron chi connectivity index (χ0n) is 23.2. The third kappa shape index (κ3) is 8.05. The topological polar surface area (TPSA) is 85.0 Å². The zero-order valence-corrected chi connectivity index (χ0v) is 23.2. The summed E-state index contributed by atoms with van der Waals surface area (Å²) in [5.41, 5.74) is 2.54. The molecule has 0 atom stereocenters. The lowest BCUT2D eigenvalue weighted by Gasteiger charge is -2.37. The third-order valence-corrected chi connectivity index (χ3v) is 6.49. The largest absolute Gasteiger partial charge is 0.368 e. The lowest BCUT2D eigenvalue weighted by molar-refractivity contribution is -0.117. The Balaban J connectivity index is 1.35. The first-order chi connectivity index (χ1) is 19.1. The molecule has 0 bridgehead atoms. The van der Waals surface area contributed by atoms with Crippen molar-refractivity contribution in [3.8, 4) is 0 Å². The van der Waals surface area contributed by atoms with Gasteiger partial charge in [-0.2, -0.15) is 0 Å². The molecule has 0 radical (unpaired) electrons. The molecule has 1 fully saturated rings. The fraction of sp³-hybridized carbons (Fsp3) is 0.323. The van der Waals surface area contributed by atoms with Gasteiger partial charge in [0.2, 0.25) is 5.91 Å². The Morgan fingerprint density at radius 3 is 2.08 bits per heavy atom. The zero-order chi connectivity index (χ0) is 28.7. The van der Waals surface area contributed by atoms with Gasteiger partial charge in [-0.1, -0.05) is 30.3 Å². The second-order valence-corrected chi connectivity index (χ2v) is 10.9. The molecule has 0 spiro atoms. The standard InChI is InChI=1S/C31H36FN5O3/c1-31(2,3)34-30(40)36-19-17-35(18-20-36)27-15-13-26(14-16-27)33-28(38)22-37(21-23-9-11-25(32)12-10-23)29(39)24-7-5-4-6-8-24/h4-16H,17-22H2,1-3H3,(H,33,38)(H,34,40). The van der Waals surface area contributed by atoms with E-state index in [1.54, 1.807) is 36.4 Å². The highest BCUT2D eigenvalue weighted by atomic mass is 19.1. The number of halogens is 1. The van der Waals surface area contributed by atoms with Gasteiger partial charge in [0.05, 0.1) is 0 Å². The van der Waals surface area contributed by atoms with Crippen LogP contribution in [0.3, 0.4) is 0 Å². The number of nitrogens with one attached hydrogen (secondary N) is 2. The van der Waals surface area contributed by atoms with Crippen LogP contribution in [0.1, 0.15) is 36.7 Å². The van der Waals surface area contributed by atoms with E-state index in [2.05, 4.69) is 15.5 Å². The maximum atomic E-state index is 13.4. The summed E-state index contributed by atoms with van der Waals surface area (Å²) < 4.78 is 13.4. The van der Waals surface area contributed by atoms with Gasteiger partial charge >= 0.3 is 6.03 Å². The normalized spacial score (nSPS) is 13.5. The Morgan fingerprint density at radius 2 is 1.48 bits per heavy atom. The Hall–Kier alpha value is -4.40. The summed E-state index contributed by atoms with van der Waals surface area (Å²) in [5.74, 6) is -0.984. The smallest absolute Gasteiger partial charge is 0.317 e. The SMILES string of the molecule is CC(C)(C)NC(=O)N1CCN(c2ccc(NC(=O)CN(Cc3ccc(F)cc3)C(=O)c3ccccc3)cc2)CC1. The Kier molecular flexibility index (Phi) is 9.04. The van der Waals surface area contributed by atoms with Crippen molar-refractivity contribution in [1.29, 1.82) is 0 Å². The van der Waals surface area contributed by atoms with Gasteiger partial charge in [0.15, 0.2) is 0 Å². The summed E-state index contributed by atoms with van der Waals surface area (Å²) in [6, 6.07) is 22.1. The monoisotopic (exact) mass is 545 g/mol. The van der Waals surface area contributed by atoms with Gasteiger partial charge in [-0.3, -0.25) is 9.59 Å². The van der Waals surface area contributed by atoms with Gasteiger partial charge < -0.3 is 25.3 Å². The number of carbonyl (C=O) groups is 3. The van der Waals surface area contributed by atoms with Gasteiger partial charge in [0, 0.05) is 55.2 Å². The number of nitrogens with zero attached hydrogens (tertiary/aromatic N) is 3. The van der Waals surface area contributed by atoms with Crippen LogP contribution in [-0.4, -0.2) is 65.9 Å². The summed E-state index contributed by atoms with van der Waals surface area (Å²) in [6.07, 6.45) is 0. The Bertz CT molecular complexity index is 1300. The number of anilines is 2. The van der Waals surface area contributed by atoms with Gasteiger partial charge in [-0.15, -0.1) is 0 Å². The molecule has 8 nitrogen and oxygen atoms in total. The maximum absolute atomic E-state index is 13.4. The summed E-state index contributed by atoms with van der Waals surface area (Å²) >= 11 is 0. The van der Waals surface area contributed by atoms with E-state index < -0.39 is 0 Å². The minimum atomic E-state index is -0.362.